The second-order valence-corrected chi connectivity index (χ2v) is 5.00. The summed E-state index contributed by atoms with van der Waals surface area (Å²) in [4.78, 5) is 6.72. The lowest BCUT2D eigenvalue weighted by atomic mass is 10.0. The SMILES string of the molecule is CN=C(NCCc1ccco1)N1CCCC(C)C1. The first-order valence-corrected chi connectivity index (χ1v) is 6.77. The van der Waals surface area contributed by atoms with E-state index in [1.807, 2.05) is 19.2 Å². The minimum Gasteiger partial charge on any atom is -0.469 e. The molecule has 18 heavy (non-hydrogen) atoms. The molecule has 0 aliphatic carbocycles. The van der Waals surface area contributed by atoms with E-state index in [4.69, 9.17) is 4.42 Å². The van der Waals surface area contributed by atoms with Crippen molar-refractivity contribution in [2.24, 2.45) is 10.9 Å². The molecular weight excluding hydrogens is 226 g/mol. The smallest absolute Gasteiger partial charge is 0.193 e. The second-order valence-electron chi connectivity index (χ2n) is 5.00. The van der Waals surface area contributed by atoms with Crippen LogP contribution in [0.2, 0.25) is 0 Å². The summed E-state index contributed by atoms with van der Waals surface area (Å²) in [6, 6.07) is 3.93. The van der Waals surface area contributed by atoms with Crippen molar-refractivity contribution < 1.29 is 4.42 Å². The number of piperidine rings is 1. The van der Waals surface area contributed by atoms with Gasteiger partial charge in [0.1, 0.15) is 5.76 Å². The molecule has 2 rings (SSSR count). The van der Waals surface area contributed by atoms with E-state index >= 15 is 0 Å². The molecule has 0 aromatic carbocycles. The summed E-state index contributed by atoms with van der Waals surface area (Å²) < 4.78 is 5.32. The van der Waals surface area contributed by atoms with Crippen molar-refractivity contribution in [3.63, 3.8) is 0 Å². The van der Waals surface area contributed by atoms with Gasteiger partial charge in [0.25, 0.3) is 0 Å². The van der Waals surface area contributed by atoms with Gasteiger partial charge in [-0.1, -0.05) is 6.92 Å². The molecule has 4 heteroatoms. The summed E-state index contributed by atoms with van der Waals surface area (Å²) in [5.41, 5.74) is 0. The van der Waals surface area contributed by atoms with Gasteiger partial charge in [-0.25, -0.2) is 0 Å². The average molecular weight is 249 g/mol. The Morgan fingerprint density at radius 2 is 2.50 bits per heavy atom. The number of furan rings is 1. The number of hydrogen-bond acceptors (Lipinski definition) is 2. The molecule has 1 fully saturated rings. The summed E-state index contributed by atoms with van der Waals surface area (Å²) in [6.07, 6.45) is 5.21. The third-order valence-corrected chi connectivity index (χ3v) is 3.40. The number of aliphatic imine (C=N–C) groups is 1. The Bertz CT molecular complexity index is 372. The second kappa shape index (κ2) is 6.47. The molecular formula is C14H23N3O. The first kappa shape index (κ1) is 13.0. The number of guanidine groups is 1. The van der Waals surface area contributed by atoms with E-state index in [1.165, 1.54) is 12.8 Å². The van der Waals surface area contributed by atoms with E-state index in [9.17, 15) is 0 Å². The lowest BCUT2D eigenvalue weighted by molar-refractivity contribution is 0.266. The van der Waals surface area contributed by atoms with Gasteiger partial charge in [0, 0.05) is 33.1 Å². The van der Waals surface area contributed by atoms with E-state index in [-0.39, 0.29) is 0 Å². The summed E-state index contributed by atoms with van der Waals surface area (Å²) in [5, 5.41) is 3.41. The van der Waals surface area contributed by atoms with Crippen LogP contribution in [0.5, 0.6) is 0 Å². The van der Waals surface area contributed by atoms with E-state index < -0.39 is 0 Å². The Labute approximate surface area is 109 Å². The van der Waals surface area contributed by atoms with Crippen LogP contribution in [0.1, 0.15) is 25.5 Å². The molecule has 100 valence electrons. The van der Waals surface area contributed by atoms with Gasteiger partial charge in [-0.15, -0.1) is 0 Å². The summed E-state index contributed by atoms with van der Waals surface area (Å²) in [6.45, 7) is 5.40. The molecule has 1 aliphatic rings. The summed E-state index contributed by atoms with van der Waals surface area (Å²) in [5.74, 6) is 2.81. The molecule has 1 unspecified atom stereocenters. The number of likely N-dealkylation sites (tertiary alicyclic amines) is 1. The van der Waals surface area contributed by atoms with Crippen molar-refractivity contribution in [2.45, 2.75) is 26.2 Å². The van der Waals surface area contributed by atoms with Crippen LogP contribution in [-0.2, 0) is 6.42 Å². The monoisotopic (exact) mass is 249 g/mol. The fourth-order valence-corrected chi connectivity index (χ4v) is 2.47. The molecule has 1 aliphatic heterocycles. The lowest BCUT2D eigenvalue weighted by Gasteiger charge is -2.33. The first-order chi connectivity index (χ1) is 8.79. The highest BCUT2D eigenvalue weighted by atomic mass is 16.3. The number of hydrogen-bond donors (Lipinski definition) is 1. The van der Waals surface area contributed by atoms with Crippen LogP contribution >= 0.6 is 0 Å². The van der Waals surface area contributed by atoms with Crippen LogP contribution in [0.25, 0.3) is 0 Å². The number of nitrogens with zero attached hydrogens (tertiary/aromatic N) is 2. The molecule has 0 spiro atoms. The van der Waals surface area contributed by atoms with Gasteiger partial charge in [0.05, 0.1) is 6.26 Å². The van der Waals surface area contributed by atoms with Gasteiger partial charge >= 0.3 is 0 Å². The van der Waals surface area contributed by atoms with Crippen molar-refractivity contribution in [3.05, 3.63) is 24.2 Å². The highest BCUT2D eigenvalue weighted by molar-refractivity contribution is 5.79. The topological polar surface area (TPSA) is 40.8 Å². The fraction of sp³-hybridized carbons (Fsp3) is 0.643. The van der Waals surface area contributed by atoms with Crippen LogP contribution in [-0.4, -0.2) is 37.5 Å². The first-order valence-electron chi connectivity index (χ1n) is 6.77. The molecule has 0 amide bonds. The molecule has 1 aromatic rings. The molecule has 1 aromatic heterocycles. The van der Waals surface area contributed by atoms with Crippen LogP contribution in [0.15, 0.2) is 27.8 Å². The van der Waals surface area contributed by atoms with Crippen molar-refractivity contribution in [2.75, 3.05) is 26.7 Å². The van der Waals surface area contributed by atoms with Crippen molar-refractivity contribution in [3.8, 4) is 0 Å². The van der Waals surface area contributed by atoms with Crippen molar-refractivity contribution >= 4 is 5.96 Å². The van der Waals surface area contributed by atoms with Crippen LogP contribution < -0.4 is 5.32 Å². The zero-order chi connectivity index (χ0) is 12.8. The molecule has 4 nitrogen and oxygen atoms in total. The molecule has 0 saturated carbocycles. The van der Waals surface area contributed by atoms with Gasteiger partial charge in [-0.05, 0) is 30.9 Å². The maximum atomic E-state index is 5.32. The average Bonchev–Trinajstić information content (AvgIpc) is 2.88. The summed E-state index contributed by atoms with van der Waals surface area (Å²) >= 11 is 0. The molecule has 1 N–H and O–H groups in total. The minimum atomic E-state index is 0.766. The third kappa shape index (κ3) is 3.52. The largest absolute Gasteiger partial charge is 0.469 e. The molecule has 0 radical (unpaired) electrons. The van der Waals surface area contributed by atoms with E-state index in [1.54, 1.807) is 6.26 Å². The van der Waals surface area contributed by atoms with Crippen molar-refractivity contribution in [1.82, 2.24) is 10.2 Å². The number of nitrogens with one attached hydrogen (secondary N) is 1. The predicted octanol–water partition coefficient (Wildman–Crippen LogP) is 2.13. The Morgan fingerprint density at radius 1 is 1.61 bits per heavy atom. The molecule has 2 heterocycles. The van der Waals surface area contributed by atoms with Crippen LogP contribution in [0.4, 0.5) is 0 Å². The Balaban J connectivity index is 1.78. The van der Waals surface area contributed by atoms with Gasteiger partial charge in [-0.3, -0.25) is 4.99 Å². The maximum absolute atomic E-state index is 5.32. The van der Waals surface area contributed by atoms with Gasteiger partial charge in [0.2, 0.25) is 0 Å². The standard InChI is InChI=1S/C14H23N3O/c1-12-5-3-9-17(11-12)14(15-2)16-8-7-13-6-4-10-18-13/h4,6,10,12H,3,5,7-9,11H2,1-2H3,(H,15,16). The zero-order valence-corrected chi connectivity index (χ0v) is 11.4. The van der Waals surface area contributed by atoms with Crippen LogP contribution in [0.3, 0.4) is 0 Å². The minimum absolute atomic E-state index is 0.766. The quantitative estimate of drug-likeness (QED) is 0.659. The summed E-state index contributed by atoms with van der Waals surface area (Å²) in [7, 11) is 1.86. The normalized spacial score (nSPS) is 21.1. The maximum Gasteiger partial charge on any atom is 0.193 e. The van der Waals surface area contributed by atoms with Gasteiger partial charge in [0.15, 0.2) is 5.96 Å². The Morgan fingerprint density at radius 3 is 3.17 bits per heavy atom. The van der Waals surface area contributed by atoms with E-state index in [0.29, 0.717) is 0 Å². The Kier molecular flexibility index (Phi) is 4.67. The van der Waals surface area contributed by atoms with Gasteiger partial charge in [-0.2, -0.15) is 0 Å². The predicted molar refractivity (Wildman–Crippen MR) is 73.7 cm³/mol. The molecule has 1 atom stereocenters. The highest BCUT2D eigenvalue weighted by Gasteiger charge is 2.18. The van der Waals surface area contributed by atoms with Gasteiger partial charge < -0.3 is 14.6 Å². The Hall–Kier alpha value is -1.45. The van der Waals surface area contributed by atoms with Crippen LogP contribution in [0, 0.1) is 5.92 Å². The molecule has 0 bridgehead atoms. The zero-order valence-electron chi connectivity index (χ0n) is 11.4. The number of rotatable bonds is 3. The van der Waals surface area contributed by atoms with Crippen molar-refractivity contribution in [1.29, 1.82) is 0 Å². The fourth-order valence-electron chi connectivity index (χ4n) is 2.47. The third-order valence-electron chi connectivity index (χ3n) is 3.40. The lowest BCUT2D eigenvalue weighted by Crippen LogP contribution is -2.46. The van der Waals surface area contributed by atoms with E-state index in [0.717, 1.165) is 43.7 Å². The highest BCUT2D eigenvalue weighted by Crippen LogP contribution is 2.15. The van der Waals surface area contributed by atoms with E-state index in [2.05, 4.69) is 22.1 Å². The molecule has 1 saturated heterocycles.